The zero-order valence-corrected chi connectivity index (χ0v) is 17.7. The van der Waals surface area contributed by atoms with Gasteiger partial charge in [0.05, 0.1) is 17.3 Å². The quantitative estimate of drug-likeness (QED) is 0.596. The number of nitrogens with zero attached hydrogens (tertiary/aromatic N) is 3. The molecule has 3 unspecified atom stereocenters. The molecular formula is C21H23F4N3OS. The van der Waals surface area contributed by atoms with Gasteiger partial charge in [-0.3, -0.25) is 0 Å². The molecule has 0 bridgehead atoms. The smallest absolute Gasteiger partial charge is 0.362 e. The molecule has 4 nitrogen and oxygen atoms in total. The summed E-state index contributed by atoms with van der Waals surface area (Å²) in [5.74, 6) is -1.70. The predicted octanol–water partition coefficient (Wildman–Crippen LogP) is 5.84. The molecule has 0 radical (unpaired) electrons. The lowest BCUT2D eigenvalue weighted by atomic mass is 9.66. The molecule has 1 saturated carbocycles. The summed E-state index contributed by atoms with van der Waals surface area (Å²) in [5, 5.41) is 17.6. The Labute approximate surface area is 176 Å². The Balaban J connectivity index is 1.79. The molecular weight excluding hydrogens is 418 g/mol. The van der Waals surface area contributed by atoms with Crippen molar-refractivity contribution in [1.82, 2.24) is 4.98 Å². The number of hydrazone groups is 1. The van der Waals surface area contributed by atoms with E-state index < -0.39 is 23.6 Å². The van der Waals surface area contributed by atoms with Crippen molar-refractivity contribution in [3.63, 3.8) is 0 Å². The maximum Gasteiger partial charge on any atom is 0.439 e. The Morgan fingerprint density at radius 1 is 1.13 bits per heavy atom. The molecule has 1 N–H and O–H groups in total. The second-order valence-corrected chi connectivity index (χ2v) is 9.82. The number of benzene rings is 1. The number of hydrogen-bond acceptors (Lipinski definition) is 5. The summed E-state index contributed by atoms with van der Waals surface area (Å²) < 4.78 is 55.8. The van der Waals surface area contributed by atoms with Crippen LogP contribution in [0, 0.1) is 23.1 Å². The molecule has 2 heterocycles. The van der Waals surface area contributed by atoms with Gasteiger partial charge in [0.2, 0.25) is 5.13 Å². The molecule has 1 aliphatic heterocycles. The molecule has 0 spiro atoms. The number of aromatic nitrogens is 1. The monoisotopic (exact) mass is 441 g/mol. The lowest BCUT2D eigenvalue weighted by molar-refractivity contribution is -0.269. The summed E-state index contributed by atoms with van der Waals surface area (Å²) in [6.07, 6.45) is -3.37. The number of alkyl halides is 3. The molecule has 30 heavy (non-hydrogen) atoms. The van der Waals surface area contributed by atoms with Crippen molar-refractivity contribution in [2.45, 2.75) is 51.9 Å². The Hall–Kier alpha value is -2.00. The maximum absolute atomic E-state index is 14.2. The minimum absolute atomic E-state index is 0.0382. The van der Waals surface area contributed by atoms with Crippen LogP contribution < -0.4 is 5.01 Å². The van der Waals surface area contributed by atoms with E-state index in [0.717, 1.165) is 17.8 Å². The fraction of sp³-hybridized carbons (Fsp3) is 0.524. The van der Waals surface area contributed by atoms with Crippen LogP contribution in [0.4, 0.5) is 22.7 Å². The largest absolute Gasteiger partial charge is 0.439 e. The minimum atomic E-state index is -4.91. The van der Waals surface area contributed by atoms with Crippen LogP contribution >= 0.6 is 11.3 Å². The second-order valence-electron chi connectivity index (χ2n) is 8.98. The Kier molecular flexibility index (Phi) is 4.97. The van der Waals surface area contributed by atoms with Crippen molar-refractivity contribution >= 4 is 22.2 Å². The van der Waals surface area contributed by atoms with E-state index in [9.17, 15) is 22.7 Å². The molecule has 1 aromatic heterocycles. The highest BCUT2D eigenvalue weighted by atomic mass is 32.1. The van der Waals surface area contributed by atoms with Crippen LogP contribution in [-0.4, -0.2) is 27.7 Å². The number of thiazole rings is 1. The summed E-state index contributed by atoms with van der Waals surface area (Å²) in [4.78, 5) is 4.30. The number of anilines is 1. The third-order valence-electron chi connectivity index (χ3n) is 6.00. The first-order valence-electron chi connectivity index (χ1n) is 9.82. The third-order valence-corrected chi connectivity index (χ3v) is 6.82. The molecule has 1 fully saturated rings. The van der Waals surface area contributed by atoms with Gasteiger partial charge in [0, 0.05) is 16.9 Å². The van der Waals surface area contributed by atoms with Crippen molar-refractivity contribution < 1.29 is 22.7 Å². The molecule has 0 amide bonds. The maximum atomic E-state index is 14.2. The second kappa shape index (κ2) is 7.02. The standard InChI is InChI=1S/C21H23F4N3OS/c1-19(2,3)14-5-4-6-15-17(14)27-28(20(15,29)21(23,24)25)18-26-16(11-30-18)12-7-9-13(22)10-8-12/h7-11,14-15,29H,4-6H2,1-3H3. The van der Waals surface area contributed by atoms with Crippen molar-refractivity contribution in [2.24, 2.45) is 22.4 Å². The summed E-state index contributed by atoms with van der Waals surface area (Å²) in [7, 11) is 0. The van der Waals surface area contributed by atoms with Gasteiger partial charge in [-0.2, -0.15) is 23.3 Å². The van der Waals surface area contributed by atoms with Gasteiger partial charge in [-0.15, -0.1) is 11.3 Å². The highest BCUT2D eigenvalue weighted by molar-refractivity contribution is 7.14. The topological polar surface area (TPSA) is 48.7 Å². The van der Waals surface area contributed by atoms with Crippen LogP contribution in [0.5, 0.6) is 0 Å². The molecule has 0 saturated heterocycles. The summed E-state index contributed by atoms with van der Waals surface area (Å²) in [5.41, 5.74) is -2.04. The fourth-order valence-electron chi connectivity index (χ4n) is 4.45. The summed E-state index contributed by atoms with van der Waals surface area (Å²) in [6, 6.07) is 5.54. The van der Waals surface area contributed by atoms with E-state index in [-0.39, 0.29) is 22.9 Å². The zero-order valence-electron chi connectivity index (χ0n) is 16.9. The normalized spacial score (nSPS) is 27.2. The van der Waals surface area contributed by atoms with Gasteiger partial charge in [-0.25, -0.2) is 9.37 Å². The van der Waals surface area contributed by atoms with Crippen LogP contribution in [-0.2, 0) is 0 Å². The van der Waals surface area contributed by atoms with E-state index in [1.54, 1.807) is 5.38 Å². The zero-order chi connectivity index (χ0) is 21.9. The summed E-state index contributed by atoms with van der Waals surface area (Å²) in [6.45, 7) is 5.94. The Bertz CT molecular complexity index is 964. The molecule has 2 aliphatic rings. The van der Waals surface area contributed by atoms with E-state index in [1.165, 1.54) is 24.3 Å². The molecule has 9 heteroatoms. The third kappa shape index (κ3) is 3.32. The van der Waals surface area contributed by atoms with Gasteiger partial charge < -0.3 is 5.11 Å². The van der Waals surface area contributed by atoms with Crippen molar-refractivity contribution in [3.05, 3.63) is 35.5 Å². The number of fused-ring (bicyclic) bond motifs is 1. The molecule has 3 atom stereocenters. The van der Waals surface area contributed by atoms with E-state index in [2.05, 4.69) is 10.1 Å². The van der Waals surface area contributed by atoms with Crippen LogP contribution in [0.25, 0.3) is 11.3 Å². The van der Waals surface area contributed by atoms with Gasteiger partial charge in [0.25, 0.3) is 5.72 Å². The highest BCUT2D eigenvalue weighted by Gasteiger charge is 2.69. The number of halogens is 4. The average molecular weight is 441 g/mol. The SMILES string of the molecule is CC(C)(C)C1CCCC2C1=NN(c1nc(-c3ccc(F)cc3)cs1)C2(O)C(F)(F)F. The first-order valence-corrected chi connectivity index (χ1v) is 10.7. The van der Waals surface area contributed by atoms with E-state index in [4.69, 9.17) is 0 Å². The Morgan fingerprint density at radius 2 is 1.80 bits per heavy atom. The minimum Gasteiger partial charge on any atom is -0.362 e. The highest BCUT2D eigenvalue weighted by Crippen LogP contribution is 2.53. The first-order chi connectivity index (χ1) is 13.9. The lowest BCUT2D eigenvalue weighted by Crippen LogP contribution is -2.61. The van der Waals surface area contributed by atoms with Gasteiger partial charge in [-0.05, 0) is 42.5 Å². The van der Waals surface area contributed by atoms with E-state index >= 15 is 0 Å². The van der Waals surface area contributed by atoms with Crippen molar-refractivity contribution in [2.75, 3.05) is 5.01 Å². The van der Waals surface area contributed by atoms with Gasteiger partial charge in [0.15, 0.2) is 0 Å². The van der Waals surface area contributed by atoms with E-state index in [1.807, 2.05) is 20.8 Å². The molecule has 4 rings (SSSR count). The van der Waals surface area contributed by atoms with Crippen LogP contribution in [0.3, 0.4) is 0 Å². The van der Waals surface area contributed by atoms with Gasteiger partial charge in [-0.1, -0.05) is 27.2 Å². The molecule has 1 aliphatic carbocycles. The first kappa shape index (κ1) is 21.2. The molecule has 2 aromatic rings. The van der Waals surface area contributed by atoms with Crippen LogP contribution in [0.1, 0.15) is 40.0 Å². The number of rotatable bonds is 2. The van der Waals surface area contributed by atoms with Crippen LogP contribution in [0.2, 0.25) is 0 Å². The van der Waals surface area contributed by atoms with Gasteiger partial charge in [0.1, 0.15) is 5.82 Å². The van der Waals surface area contributed by atoms with Gasteiger partial charge >= 0.3 is 6.18 Å². The lowest BCUT2D eigenvalue weighted by Gasteiger charge is -2.41. The molecule has 162 valence electrons. The summed E-state index contributed by atoms with van der Waals surface area (Å²) >= 11 is 0.972. The number of hydrogen-bond donors (Lipinski definition) is 1. The van der Waals surface area contributed by atoms with Crippen molar-refractivity contribution in [1.29, 1.82) is 0 Å². The fourth-order valence-corrected chi connectivity index (χ4v) is 5.29. The molecule has 1 aromatic carbocycles. The average Bonchev–Trinajstić information content (AvgIpc) is 3.25. The van der Waals surface area contributed by atoms with Crippen molar-refractivity contribution in [3.8, 4) is 11.3 Å². The number of aliphatic hydroxyl groups is 1. The predicted molar refractivity (Wildman–Crippen MR) is 109 cm³/mol. The Morgan fingerprint density at radius 3 is 2.40 bits per heavy atom. The van der Waals surface area contributed by atoms with Crippen LogP contribution in [0.15, 0.2) is 34.7 Å². The van der Waals surface area contributed by atoms with E-state index in [0.29, 0.717) is 28.4 Å².